The average Bonchev–Trinajstić information content (AvgIpc) is 2.73. The molecule has 1 aromatic heterocycles. The van der Waals surface area contributed by atoms with E-state index in [9.17, 15) is 4.79 Å². The van der Waals surface area contributed by atoms with Gasteiger partial charge < -0.3 is 16.2 Å². The summed E-state index contributed by atoms with van der Waals surface area (Å²) in [6, 6.07) is 4.89. The monoisotopic (exact) mass is 263 g/mol. The van der Waals surface area contributed by atoms with Gasteiger partial charge >= 0.3 is 5.97 Å². The van der Waals surface area contributed by atoms with E-state index < -0.39 is 5.97 Å². The van der Waals surface area contributed by atoms with E-state index in [1.165, 1.54) is 6.07 Å². The minimum absolute atomic E-state index is 0.112. The Labute approximate surface area is 108 Å². The second-order valence-electron chi connectivity index (χ2n) is 3.82. The molecule has 1 aromatic carbocycles. The van der Waals surface area contributed by atoms with Gasteiger partial charge in [-0.2, -0.15) is 0 Å². The summed E-state index contributed by atoms with van der Waals surface area (Å²) in [5.41, 5.74) is 9.47. The van der Waals surface area contributed by atoms with Crippen molar-refractivity contribution < 1.29 is 9.90 Å². The van der Waals surface area contributed by atoms with Crippen LogP contribution in [-0.2, 0) is 6.54 Å². The predicted octanol–water partition coefficient (Wildman–Crippen LogP) is 2.34. The number of aryl methyl sites for hydroxylation is 1. The standard InChI is InChI=1S/C12H13N3O2S/c1-7-11(18-6-15-7)5-14-8-2-3-10(13)9(4-8)12(16)17/h2-4,6,14H,5,13H2,1H3,(H,16,17). The van der Waals surface area contributed by atoms with E-state index in [-0.39, 0.29) is 11.3 Å². The molecule has 2 aromatic rings. The van der Waals surface area contributed by atoms with Crippen molar-refractivity contribution in [1.29, 1.82) is 0 Å². The number of nitrogens with two attached hydrogens (primary N) is 1. The number of hydrogen-bond donors (Lipinski definition) is 3. The van der Waals surface area contributed by atoms with E-state index in [4.69, 9.17) is 10.8 Å². The SMILES string of the molecule is Cc1ncsc1CNc1ccc(N)c(C(=O)O)c1. The molecule has 0 aliphatic rings. The van der Waals surface area contributed by atoms with Gasteiger partial charge in [0.25, 0.3) is 0 Å². The third kappa shape index (κ3) is 2.60. The molecule has 0 amide bonds. The Kier molecular flexibility index (Phi) is 3.47. The molecule has 0 bridgehead atoms. The van der Waals surface area contributed by atoms with Crippen molar-refractivity contribution in [3.05, 3.63) is 39.8 Å². The molecule has 18 heavy (non-hydrogen) atoms. The molecule has 0 fully saturated rings. The highest BCUT2D eigenvalue weighted by Gasteiger charge is 2.09. The van der Waals surface area contributed by atoms with Crippen LogP contribution in [0.3, 0.4) is 0 Å². The van der Waals surface area contributed by atoms with Crippen molar-refractivity contribution in [3.63, 3.8) is 0 Å². The van der Waals surface area contributed by atoms with Crippen LogP contribution in [0.5, 0.6) is 0 Å². The second-order valence-corrected chi connectivity index (χ2v) is 4.76. The zero-order chi connectivity index (χ0) is 13.1. The maximum absolute atomic E-state index is 10.9. The van der Waals surface area contributed by atoms with E-state index in [1.54, 1.807) is 29.0 Å². The summed E-state index contributed by atoms with van der Waals surface area (Å²) in [6.45, 7) is 2.57. The van der Waals surface area contributed by atoms with Gasteiger partial charge in [-0.25, -0.2) is 9.78 Å². The number of carbonyl (C=O) groups is 1. The molecule has 94 valence electrons. The molecule has 1 heterocycles. The first-order valence-electron chi connectivity index (χ1n) is 5.33. The molecule has 0 saturated heterocycles. The van der Waals surface area contributed by atoms with Crippen LogP contribution in [0, 0.1) is 6.92 Å². The van der Waals surface area contributed by atoms with E-state index in [2.05, 4.69) is 10.3 Å². The molecule has 0 unspecified atom stereocenters. The lowest BCUT2D eigenvalue weighted by atomic mass is 10.1. The zero-order valence-electron chi connectivity index (χ0n) is 9.80. The smallest absolute Gasteiger partial charge is 0.337 e. The van der Waals surface area contributed by atoms with Crippen LogP contribution in [0.4, 0.5) is 11.4 Å². The fraction of sp³-hybridized carbons (Fsp3) is 0.167. The molecule has 6 heteroatoms. The average molecular weight is 263 g/mol. The predicted molar refractivity (Wildman–Crippen MR) is 72.0 cm³/mol. The van der Waals surface area contributed by atoms with Crippen LogP contribution in [0.2, 0.25) is 0 Å². The van der Waals surface area contributed by atoms with Crippen LogP contribution < -0.4 is 11.1 Å². The highest BCUT2D eigenvalue weighted by Crippen LogP contribution is 2.20. The van der Waals surface area contributed by atoms with Crippen molar-refractivity contribution in [1.82, 2.24) is 4.98 Å². The number of thiazole rings is 1. The van der Waals surface area contributed by atoms with Gasteiger partial charge in [0.15, 0.2) is 0 Å². The summed E-state index contributed by atoms with van der Waals surface area (Å²) in [5, 5.41) is 12.1. The Bertz CT molecular complexity index is 580. The molecule has 4 N–H and O–H groups in total. The van der Waals surface area contributed by atoms with Gasteiger partial charge in [0.2, 0.25) is 0 Å². The van der Waals surface area contributed by atoms with Gasteiger partial charge in [-0.3, -0.25) is 0 Å². The van der Waals surface area contributed by atoms with E-state index in [0.29, 0.717) is 6.54 Å². The number of nitrogens with one attached hydrogen (secondary N) is 1. The van der Waals surface area contributed by atoms with Crippen molar-refractivity contribution in [2.45, 2.75) is 13.5 Å². The van der Waals surface area contributed by atoms with Gasteiger partial charge in [-0.05, 0) is 25.1 Å². The van der Waals surface area contributed by atoms with Gasteiger partial charge in [-0.15, -0.1) is 11.3 Å². The van der Waals surface area contributed by atoms with Crippen molar-refractivity contribution in [2.24, 2.45) is 0 Å². The molecule has 0 atom stereocenters. The first-order chi connectivity index (χ1) is 8.58. The number of aromatic carboxylic acids is 1. The van der Waals surface area contributed by atoms with Crippen LogP contribution in [0.25, 0.3) is 0 Å². The number of benzene rings is 1. The molecular weight excluding hydrogens is 250 g/mol. The van der Waals surface area contributed by atoms with Gasteiger partial charge in [0.1, 0.15) is 0 Å². The van der Waals surface area contributed by atoms with Crippen molar-refractivity contribution >= 4 is 28.7 Å². The first kappa shape index (κ1) is 12.4. The van der Waals surface area contributed by atoms with Gasteiger partial charge in [0.05, 0.1) is 23.3 Å². The number of nitrogens with zero attached hydrogens (tertiary/aromatic N) is 1. The fourth-order valence-electron chi connectivity index (χ4n) is 1.53. The summed E-state index contributed by atoms with van der Waals surface area (Å²) in [6.07, 6.45) is 0. The molecule has 0 saturated carbocycles. The summed E-state index contributed by atoms with van der Waals surface area (Å²) in [5.74, 6) is -1.02. The third-order valence-electron chi connectivity index (χ3n) is 2.58. The van der Waals surface area contributed by atoms with E-state index in [1.807, 2.05) is 6.92 Å². The minimum Gasteiger partial charge on any atom is -0.478 e. The quantitative estimate of drug-likeness (QED) is 0.737. The molecule has 5 nitrogen and oxygen atoms in total. The number of anilines is 2. The summed E-state index contributed by atoms with van der Waals surface area (Å²) in [4.78, 5) is 16.2. The molecular formula is C12H13N3O2S. The van der Waals surface area contributed by atoms with Crippen LogP contribution >= 0.6 is 11.3 Å². The number of carboxylic acids is 1. The van der Waals surface area contributed by atoms with E-state index in [0.717, 1.165) is 16.3 Å². The highest BCUT2D eigenvalue weighted by molar-refractivity contribution is 7.09. The summed E-state index contributed by atoms with van der Waals surface area (Å²) < 4.78 is 0. The Morgan fingerprint density at radius 3 is 2.94 bits per heavy atom. The zero-order valence-corrected chi connectivity index (χ0v) is 10.6. The fourth-order valence-corrected chi connectivity index (χ4v) is 2.25. The topological polar surface area (TPSA) is 88.2 Å². The lowest BCUT2D eigenvalue weighted by Crippen LogP contribution is -2.05. The van der Waals surface area contributed by atoms with Gasteiger partial charge in [-0.1, -0.05) is 0 Å². The second kappa shape index (κ2) is 5.05. The molecule has 0 aliphatic heterocycles. The highest BCUT2D eigenvalue weighted by atomic mass is 32.1. The first-order valence-corrected chi connectivity index (χ1v) is 6.21. The summed E-state index contributed by atoms with van der Waals surface area (Å²) >= 11 is 1.57. The number of aromatic nitrogens is 1. The summed E-state index contributed by atoms with van der Waals surface area (Å²) in [7, 11) is 0. The molecule has 0 aliphatic carbocycles. The number of carboxylic acid groups (broad SMARTS) is 1. The van der Waals surface area contributed by atoms with Crippen LogP contribution in [-0.4, -0.2) is 16.1 Å². The van der Waals surface area contributed by atoms with Crippen molar-refractivity contribution in [2.75, 3.05) is 11.1 Å². The lowest BCUT2D eigenvalue weighted by Gasteiger charge is -2.08. The normalized spacial score (nSPS) is 10.3. The Morgan fingerprint density at radius 2 is 2.33 bits per heavy atom. The number of hydrogen-bond acceptors (Lipinski definition) is 5. The van der Waals surface area contributed by atoms with E-state index >= 15 is 0 Å². The van der Waals surface area contributed by atoms with Crippen LogP contribution in [0.1, 0.15) is 20.9 Å². The largest absolute Gasteiger partial charge is 0.478 e. The number of rotatable bonds is 4. The molecule has 0 radical (unpaired) electrons. The Hall–Kier alpha value is -2.08. The Balaban J connectivity index is 2.13. The maximum Gasteiger partial charge on any atom is 0.337 e. The molecule has 0 spiro atoms. The minimum atomic E-state index is -1.02. The van der Waals surface area contributed by atoms with Gasteiger partial charge in [0, 0.05) is 16.3 Å². The van der Waals surface area contributed by atoms with Crippen molar-refractivity contribution in [3.8, 4) is 0 Å². The Morgan fingerprint density at radius 1 is 1.56 bits per heavy atom. The maximum atomic E-state index is 10.9. The molecule has 2 rings (SSSR count). The lowest BCUT2D eigenvalue weighted by molar-refractivity contribution is 0.0698. The third-order valence-corrected chi connectivity index (χ3v) is 3.52. The van der Waals surface area contributed by atoms with Crippen LogP contribution in [0.15, 0.2) is 23.7 Å². The number of nitrogen functional groups attached to an aromatic ring is 1.